The highest BCUT2D eigenvalue weighted by molar-refractivity contribution is 6.84. The van der Waals surface area contributed by atoms with Crippen LogP contribution in [0.4, 0.5) is 0 Å². The van der Waals surface area contributed by atoms with E-state index in [1.165, 1.54) is 12.3 Å². The summed E-state index contributed by atoms with van der Waals surface area (Å²) < 4.78 is 28.8. The van der Waals surface area contributed by atoms with Crippen LogP contribution in [0.25, 0.3) is 0 Å². The number of rotatable bonds is 7. The van der Waals surface area contributed by atoms with Crippen molar-refractivity contribution in [1.82, 2.24) is 9.55 Å². The number of aromatic nitrogens is 2. The molecule has 1 aromatic carbocycles. The van der Waals surface area contributed by atoms with E-state index in [1.54, 1.807) is 24.3 Å². The van der Waals surface area contributed by atoms with E-state index < -0.39 is 59.0 Å². The molecule has 0 spiro atoms. The van der Waals surface area contributed by atoms with Gasteiger partial charge in [0.05, 0.1) is 0 Å². The average Bonchev–Trinajstić information content (AvgIpc) is 3.18. The molecule has 10 nitrogen and oxygen atoms in total. The summed E-state index contributed by atoms with van der Waals surface area (Å²) in [5, 5.41) is 11.7. The van der Waals surface area contributed by atoms with Crippen LogP contribution in [0.1, 0.15) is 72.0 Å². The Bertz CT molecular complexity index is 1290. The number of hydrogen-bond donors (Lipinski definition) is 2. The van der Waals surface area contributed by atoms with Crippen LogP contribution in [-0.4, -0.2) is 62.0 Å². The van der Waals surface area contributed by atoms with E-state index in [1.807, 2.05) is 6.07 Å². The van der Waals surface area contributed by atoms with E-state index in [0.717, 1.165) is 4.57 Å². The minimum absolute atomic E-state index is 0.0236. The van der Waals surface area contributed by atoms with Gasteiger partial charge in [0.2, 0.25) is 0 Å². The monoisotopic (exact) mass is 590 g/mol. The van der Waals surface area contributed by atoms with Crippen molar-refractivity contribution < 1.29 is 27.6 Å². The molecular formula is C28H42N2O8Si2. The van der Waals surface area contributed by atoms with Crippen molar-refractivity contribution in [2.45, 2.75) is 108 Å². The second-order valence-corrected chi connectivity index (χ2v) is 20.8. The molecular weight excluding hydrogens is 548 g/mol. The number of aliphatic hydroxyl groups is 1. The van der Waals surface area contributed by atoms with Gasteiger partial charge in [0, 0.05) is 17.8 Å². The average molecular weight is 591 g/mol. The van der Waals surface area contributed by atoms with Crippen LogP contribution in [0.3, 0.4) is 0 Å². The lowest BCUT2D eigenvalue weighted by molar-refractivity contribution is -0.0827. The van der Waals surface area contributed by atoms with Gasteiger partial charge in [0.1, 0.15) is 24.4 Å². The summed E-state index contributed by atoms with van der Waals surface area (Å²) in [5.74, 6) is -0.314. The highest BCUT2D eigenvalue weighted by Crippen LogP contribution is 2.49. The maximum Gasteiger partial charge on any atom is 0.335 e. The molecule has 1 aromatic heterocycles. The van der Waals surface area contributed by atoms with Crippen molar-refractivity contribution in [2.24, 2.45) is 0 Å². The van der Waals surface area contributed by atoms with E-state index in [4.69, 9.17) is 17.7 Å². The molecule has 0 saturated carbocycles. The number of carbonyl (C=O) groups is 1. The van der Waals surface area contributed by atoms with E-state index in [-0.39, 0.29) is 27.9 Å². The smallest absolute Gasteiger partial charge is 0.335 e. The van der Waals surface area contributed by atoms with Crippen molar-refractivity contribution in [1.29, 1.82) is 0 Å². The first-order valence-corrected chi connectivity index (χ1v) is 18.0. The molecule has 3 heterocycles. The number of hydrogen-bond acceptors (Lipinski definition) is 8. The summed E-state index contributed by atoms with van der Waals surface area (Å²) in [4.78, 5) is 40.9. The van der Waals surface area contributed by atoms with E-state index in [9.17, 15) is 19.5 Å². The van der Waals surface area contributed by atoms with Gasteiger partial charge in [0.15, 0.2) is 12.0 Å². The molecule has 2 fully saturated rings. The number of aromatic amines is 1. The number of carbonyl (C=O) groups excluding carboxylic acids is 1. The summed E-state index contributed by atoms with van der Waals surface area (Å²) >= 11 is 0. The maximum atomic E-state index is 14.2. The summed E-state index contributed by atoms with van der Waals surface area (Å²) in [6, 6.07) is 9.99. The number of benzene rings is 1. The number of fused-ring (bicyclic) bond motifs is 1. The Morgan fingerprint density at radius 3 is 1.93 bits per heavy atom. The zero-order valence-electron chi connectivity index (χ0n) is 24.5. The van der Waals surface area contributed by atoms with Crippen molar-refractivity contribution >= 4 is 22.9 Å². The standard InChI is InChI=1S/C28H42N2O8Si2/c1-16(2)39(17(3)4)36-24(22(32)20-12-10-9-11-13-20)26-25(37-40(38-39,18(5)6)19(7)8)23(33)27(35-26)30-15-14-21(31)29-28(30)34/h9-19,23-27,33H,1-8H3,(H,29,31,34)/t23-,24?,25+,26-,27-/m1/s1. The molecule has 2 N–H and O–H groups in total. The molecule has 1 unspecified atom stereocenters. The van der Waals surface area contributed by atoms with Crippen molar-refractivity contribution in [3.8, 4) is 0 Å². The van der Waals surface area contributed by atoms with Gasteiger partial charge in [-0.25, -0.2) is 4.79 Å². The van der Waals surface area contributed by atoms with Gasteiger partial charge >= 0.3 is 22.8 Å². The van der Waals surface area contributed by atoms with Crippen LogP contribution in [0.5, 0.6) is 0 Å². The largest absolute Gasteiger partial charge is 0.414 e. The summed E-state index contributed by atoms with van der Waals surface area (Å²) in [6.07, 6.45) is -4.51. The van der Waals surface area contributed by atoms with Crippen LogP contribution < -0.4 is 11.2 Å². The lowest BCUT2D eigenvalue weighted by atomic mass is 9.98. The summed E-state index contributed by atoms with van der Waals surface area (Å²) in [7, 11) is -6.37. The van der Waals surface area contributed by atoms with Crippen molar-refractivity contribution in [2.75, 3.05) is 0 Å². The molecule has 0 amide bonds. The minimum Gasteiger partial charge on any atom is -0.414 e. The molecule has 2 aliphatic heterocycles. The lowest BCUT2D eigenvalue weighted by Crippen LogP contribution is -2.68. The number of nitrogens with one attached hydrogen (secondary N) is 1. The van der Waals surface area contributed by atoms with Crippen LogP contribution >= 0.6 is 0 Å². The normalized spacial score (nSPS) is 28.1. The third-order valence-electron chi connectivity index (χ3n) is 8.16. The Morgan fingerprint density at radius 1 is 0.850 bits per heavy atom. The fourth-order valence-corrected chi connectivity index (χ4v) is 17.3. The highest BCUT2D eigenvalue weighted by Gasteiger charge is 2.64. The SMILES string of the molecule is CC(C)[Si]1(C(C)C)OC(C(=O)c2ccccc2)[C@H]2O[C@@H](n3ccc(=O)[nH]c3=O)[C@H](O)[C@@H]2O[Si](C(C)C)(C(C)C)O1. The van der Waals surface area contributed by atoms with Gasteiger partial charge in [-0.2, -0.15) is 0 Å². The molecule has 0 aliphatic carbocycles. The van der Waals surface area contributed by atoms with Gasteiger partial charge in [-0.3, -0.25) is 19.1 Å². The predicted octanol–water partition coefficient (Wildman–Crippen LogP) is 4.00. The highest BCUT2D eigenvalue weighted by atomic mass is 28.5. The third-order valence-corrected chi connectivity index (χ3v) is 18.4. The predicted molar refractivity (Wildman–Crippen MR) is 155 cm³/mol. The Kier molecular flexibility index (Phi) is 8.91. The number of Topliss-reactive ketones (excluding diaryl/α,β-unsaturated/α-hetero) is 1. The first kappa shape index (κ1) is 30.8. The van der Waals surface area contributed by atoms with Crippen LogP contribution in [0.15, 0.2) is 52.2 Å². The second kappa shape index (κ2) is 11.6. The van der Waals surface area contributed by atoms with E-state index >= 15 is 0 Å². The van der Waals surface area contributed by atoms with E-state index in [0.29, 0.717) is 5.56 Å². The quantitative estimate of drug-likeness (QED) is 0.366. The Balaban J connectivity index is 1.94. The van der Waals surface area contributed by atoms with Crippen LogP contribution in [0, 0.1) is 0 Å². The summed E-state index contributed by atoms with van der Waals surface area (Å²) in [5.41, 5.74) is -0.992. The van der Waals surface area contributed by atoms with Crippen LogP contribution in [0.2, 0.25) is 22.2 Å². The van der Waals surface area contributed by atoms with Crippen molar-refractivity contribution in [3.05, 3.63) is 69.0 Å². The molecule has 0 bridgehead atoms. The zero-order chi connectivity index (χ0) is 29.6. The van der Waals surface area contributed by atoms with Gasteiger partial charge in [-0.1, -0.05) is 85.7 Å². The molecule has 2 aliphatic rings. The Labute approximate surface area is 237 Å². The third kappa shape index (κ3) is 5.26. The number of nitrogens with zero attached hydrogens (tertiary/aromatic N) is 1. The van der Waals surface area contributed by atoms with Gasteiger partial charge in [0.25, 0.3) is 5.56 Å². The second-order valence-electron chi connectivity index (χ2n) is 12.0. The van der Waals surface area contributed by atoms with E-state index in [2.05, 4.69) is 60.4 Å². The first-order chi connectivity index (χ1) is 18.7. The molecule has 4 rings (SSSR count). The number of H-pyrrole nitrogens is 1. The Hall–Kier alpha value is -2.20. The van der Waals surface area contributed by atoms with Gasteiger partial charge in [-0.15, -0.1) is 0 Å². The molecule has 12 heteroatoms. The fourth-order valence-electron chi connectivity index (χ4n) is 6.01. The molecule has 0 radical (unpaired) electrons. The molecule has 220 valence electrons. The maximum absolute atomic E-state index is 14.2. The van der Waals surface area contributed by atoms with Gasteiger partial charge in [-0.05, 0) is 22.2 Å². The minimum atomic E-state index is -3.20. The zero-order valence-corrected chi connectivity index (χ0v) is 26.5. The molecule has 40 heavy (non-hydrogen) atoms. The molecule has 5 atom stereocenters. The number of ether oxygens (including phenoxy) is 1. The first-order valence-electron chi connectivity index (χ1n) is 14.0. The topological polar surface area (TPSA) is 129 Å². The Morgan fingerprint density at radius 2 is 1.40 bits per heavy atom. The number of aliphatic hydroxyl groups excluding tert-OH is 1. The summed E-state index contributed by atoms with van der Waals surface area (Å²) in [6.45, 7) is 16.5. The van der Waals surface area contributed by atoms with Crippen LogP contribution in [-0.2, 0) is 17.7 Å². The lowest BCUT2D eigenvalue weighted by Gasteiger charge is -2.52. The van der Waals surface area contributed by atoms with Gasteiger partial charge < -0.3 is 22.8 Å². The molecule has 2 saturated heterocycles. The molecule has 2 aromatic rings. The number of ketones is 1. The fraction of sp³-hybridized carbons (Fsp3) is 0.607. The van der Waals surface area contributed by atoms with Crippen molar-refractivity contribution in [3.63, 3.8) is 0 Å².